The number of fused-ring (bicyclic) bond motifs is 5. The van der Waals surface area contributed by atoms with E-state index in [1.165, 1.54) is 54.2 Å². The number of benzene rings is 2. The van der Waals surface area contributed by atoms with E-state index >= 15 is 0 Å². The molecule has 34 heavy (non-hydrogen) atoms. The first-order valence-corrected chi connectivity index (χ1v) is 11.6. The first-order valence-electron chi connectivity index (χ1n) is 11.6. The van der Waals surface area contributed by atoms with E-state index in [4.69, 9.17) is 4.74 Å². The lowest BCUT2D eigenvalue weighted by Gasteiger charge is -2.30. The molecule has 0 spiro atoms. The summed E-state index contributed by atoms with van der Waals surface area (Å²) in [5, 5.41) is 1.27. The Hall–Kier alpha value is -3.45. The van der Waals surface area contributed by atoms with Gasteiger partial charge in [-0.15, -0.1) is 0 Å². The molecule has 0 saturated carbocycles. The van der Waals surface area contributed by atoms with E-state index in [1.54, 1.807) is 16.8 Å². The maximum absolute atomic E-state index is 13.8. The van der Waals surface area contributed by atoms with E-state index in [0.29, 0.717) is 11.8 Å². The summed E-state index contributed by atoms with van der Waals surface area (Å²) in [6.07, 6.45) is 5.17. The van der Waals surface area contributed by atoms with Gasteiger partial charge in [0, 0.05) is 61.0 Å². The van der Waals surface area contributed by atoms with Crippen molar-refractivity contribution in [2.24, 2.45) is 7.05 Å². The van der Waals surface area contributed by atoms with Crippen molar-refractivity contribution in [1.82, 2.24) is 14.0 Å². The van der Waals surface area contributed by atoms with Crippen molar-refractivity contribution in [3.8, 4) is 11.4 Å². The predicted molar refractivity (Wildman–Crippen MR) is 126 cm³/mol. The van der Waals surface area contributed by atoms with Crippen molar-refractivity contribution in [2.75, 3.05) is 13.1 Å². The number of nitrogens with zero attached hydrogens (tertiary/aromatic N) is 3. The number of halogens is 2. The molecule has 4 heterocycles. The summed E-state index contributed by atoms with van der Waals surface area (Å²) in [5.41, 5.74) is 4.77. The average molecular weight is 462 g/mol. The van der Waals surface area contributed by atoms with Crippen LogP contribution in [0, 0.1) is 11.6 Å². The van der Waals surface area contributed by atoms with Crippen LogP contribution in [-0.2, 0) is 20.1 Å². The fourth-order valence-corrected chi connectivity index (χ4v) is 5.56. The van der Waals surface area contributed by atoms with Gasteiger partial charge in [0.25, 0.3) is 5.56 Å². The van der Waals surface area contributed by atoms with Crippen LogP contribution in [0.4, 0.5) is 8.78 Å². The third kappa shape index (κ3) is 3.42. The van der Waals surface area contributed by atoms with Gasteiger partial charge in [0.2, 0.25) is 0 Å². The number of aromatic nitrogens is 2. The normalized spacial score (nSPS) is 17.7. The quantitative estimate of drug-likeness (QED) is 0.435. The minimum absolute atomic E-state index is 0.0887. The Morgan fingerprint density at radius 2 is 1.94 bits per heavy atom. The van der Waals surface area contributed by atoms with Crippen LogP contribution in [0.5, 0.6) is 5.75 Å². The Kier molecular flexibility index (Phi) is 5.03. The Morgan fingerprint density at radius 1 is 1.06 bits per heavy atom. The molecule has 2 aliphatic rings. The summed E-state index contributed by atoms with van der Waals surface area (Å²) in [6, 6.07) is 13.1. The molecule has 0 bridgehead atoms. The van der Waals surface area contributed by atoms with E-state index < -0.39 is 11.6 Å². The largest absolute Gasteiger partial charge is 0.489 e. The maximum atomic E-state index is 13.8. The molecule has 4 aromatic rings. The van der Waals surface area contributed by atoms with Gasteiger partial charge in [-0.3, -0.25) is 14.3 Å². The highest BCUT2D eigenvalue weighted by atomic mass is 19.1. The average Bonchev–Trinajstić information content (AvgIpc) is 3.41. The second kappa shape index (κ2) is 8.09. The summed E-state index contributed by atoms with van der Waals surface area (Å²) in [6.45, 7) is 2.20. The molecule has 7 heteroatoms. The standard InChI is InChI=1S/C27H25F2N3O2/c1-30-23-9-11-31-10-2-3-24(31)27(23)21-7-6-19(14-25(21)30)32-12-8-20(15-26(32)33)34-16-17-4-5-18(28)13-22(17)29/h4-8,12-15,24H,2-3,9-11,16H2,1H3. The van der Waals surface area contributed by atoms with Crippen LogP contribution in [0.15, 0.2) is 59.5 Å². The third-order valence-corrected chi connectivity index (χ3v) is 7.26. The van der Waals surface area contributed by atoms with Gasteiger partial charge in [0.05, 0.1) is 11.2 Å². The minimum atomic E-state index is -0.673. The Labute approximate surface area is 195 Å². The van der Waals surface area contributed by atoms with Crippen LogP contribution >= 0.6 is 0 Å². The Morgan fingerprint density at radius 3 is 2.76 bits per heavy atom. The highest BCUT2D eigenvalue weighted by Gasteiger charge is 2.34. The predicted octanol–water partition coefficient (Wildman–Crippen LogP) is 4.88. The van der Waals surface area contributed by atoms with E-state index in [0.717, 1.165) is 30.2 Å². The molecular weight excluding hydrogens is 436 g/mol. The van der Waals surface area contributed by atoms with Crippen molar-refractivity contribution < 1.29 is 13.5 Å². The minimum Gasteiger partial charge on any atom is -0.489 e. The Bertz CT molecular complexity index is 1470. The van der Waals surface area contributed by atoms with Crippen LogP contribution in [0.1, 0.15) is 35.7 Å². The third-order valence-electron chi connectivity index (χ3n) is 7.26. The second-order valence-corrected chi connectivity index (χ2v) is 9.16. The molecule has 6 rings (SSSR count). The summed E-state index contributed by atoms with van der Waals surface area (Å²) < 4.78 is 36.4. The zero-order valence-electron chi connectivity index (χ0n) is 18.9. The monoisotopic (exact) mass is 461 g/mol. The number of hydrogen-bond donors (Lipinski definition) is 0. The SMILES string of the molecule is Cn1c2c(c3ccc(-n4ccc(OCc5ccc(F)cc5F)cc4=O)cc31)C1CCCN1CC2. The summed E-state index contributed by atoms with van der Waals surface area (Å²) in [4.78, 5) is 15.5. The lowest BCUT2D eigenvalue weighted by Crippen LogP contribution is -2.31. The molecule has 1 fully saturated rings. The van der Waals surface area contributed by atoms with Crippen molar-refractivity contribution in [3.05, 3.63) is 93.5 Å². The lowest BCUT2D eigenvalue weighted by atomic mass is 9.96. The van der Waals surface area contributed by atoms with Crippen molar-refractivity contribution in [2.45, 2.75) is 31.9 Å². The molecule has 2 aromatic carbocycles. The van der Waals surface area contributed by atoms with Crippen LogP contribution in [0.25, 0.3) is 16.6 Å². The maximum Gasteiger partial charge on any atom is 0.258 e. The summed E-state index contributed by atoms with van der Waals surface area (Å²) in [5.74, 6) is -0.977. The van der Waals surface area contributed by atoms with Crippen molar-refractivity contribution in [3.63, 3.8) is 0 Å². The van der Waals surface area contributed by atoms with Gasteiger partial charge < -0.3 is 9.30 Å². The summed E-state index contributed by atoms with van der Waals surface area (Å²) >= 11 is 0. The van der Waals surface area contributed by atoms with E-state index in [1.807, 2.05) is 6.07 Å². The first-order chi connectivity index (χ1) is 16.5. The molecular formula is C27H25F2N3O2. The second-order valence-electron chi connectivity index (χ2n) is 9.16. The fourth-order valence-electron chi connectivity index (χ4n) is 5.56. The first kappa shape index (κ1) is 21.1. The number of hydrogen-bond acceptors (Lipinski definition) is 3. The summed E-state index contributed by atoms with van der Waals surface area (Å²) in [7, 11) is 2.11. The number of pyridine rings is 1. The zero-order valence-corrected chi connectivity index (χ0v) is 18.9. The van der Waals surface area contributed by atoms with Crippen LogP contribution in [0.2, 0.25) is 0 Å². The number of ether oxygens (including phenoxy) is 1. The number of aryl methyl sites for hydroxylation is 1. The number of rotatable bonds is 4. The zero-order chi connectivity index (χ0) is 23.4. The van der Waals surface area contributed by atoms with Gasteiger partial charge >= 0.3 is 0 Å². The van der Waals surface area contributed by atoms with E-state index in [2.05, 4.69) is 28.6 Å². The van der Waals surface area contributed by atoms with Gasteiger partial charge in [-0.25, -0.2) is 8.78 Å². The molecule has 1 saturated heterocycles. The van der Waals surface area contributed by atoms with Gasteiger partial charge in [-0.2, -0.15) is 0 Å². The molecule has 5 nitrogen and oxygen atoms in total. The molecule has 0 radical (unpaired) electrons. The molecule has 2 aromatic heterocycles. The van der Waals surface area contributed by atoms with Crippen molar-refractivity contribution in [1.29, 1.82) is 0 Å². The van der Waals surface area contributed by atoms with Gasteiger partial charge in [0.15, 0.2) is 0 Å². The van der Waals surface area contributed by atoms with Crippen molar-refractivity contribution >= 4 is 10.9 Å². The van der Waals surface area contributed by atoms with Gasteiger partial charge in [-0.1, -0.05) is 6.07 Å². The topological polar surface area (TPSA) is 39.4 Å². The molecule has 1 unspecified atom stereocenters. The molecule has 0 amide bonds. The molecule has 1 atom stereocenters. The smallest absolute Gasteiger partial charge is 0.258 e. The molecule has 0 aliphatic carbocycles. The van der Waals surface area contributed by atoms with Crippen LogP contribution in [-0.4, -0.2) is 27.1 Å². The fraction of sp³-hybridized carbons (Fsp3) is 0.296. The molecule has 2 aliphatic heterocycles. The molecule has 0 N–H and O–H groups in total. The van der Waals surface area contributed by atoms with Crippen LogP contribution < -0.4 is 10.3 Å². The molecule has 174 valence electrons. The van der Waals surface area contributed by atoms with Gasteiger partial charge in [0.1, 0.15) is 24.0 Å². The van der Waals surface area contributed by atoms with Gasteiger partial charge in [-0.05, 0) is 55.3 Å². The van der Waals surface area contributed by atoms with Crippen LogP contribution in [0.3, 0.4) is 0 Å². The lowest BCUT2D eigenvalue weighted by molar-refractivity contribution is 0.242. The Balaban J connectivity index is 1.30. The highest BCUT2D eigenvalue weighted by Crippen LogP contribution is 2.42. The van der Waals surface area contributed by atoms with E-state index in [-0.39, 0.29) is 17.7 Å². The van der Waals surface area contributed by atoms with E-state index in [9.17, 15) is 13.6 Å². The highest BCUT2D eigenvalue weighted by molar-refractivity contribution is 5.88.